The summed E-state index contributed by atoms with van der Waals surface area (Å²) in [5.41, 5.74) is 3.47. The van der Waals surface area contributed by atoms with E-state index in [1.54, 1.807) is 0 Å². The standard InChI is InChI=1S/C14H21NO/c1-5-10-6-11-9(2)8-14(3,4)15-13(11)12(16)7-10/h6-7,9,15-16H,5,8H2,1-4H3/t9-/m0/s1. The van der Waals surface area contributed by atoms with Crippen LogP contribution in [0.15, 0.2) is 12.1 Å². The van der Waals surface area contributed by atoms with Crippen LogP contribution in [0.25, 0.3) is 0 Å². The fraction of sp³-hybridized carbons (Fsp3) is 0.571. The van der Waals surface area contributed by atoms with E-state index in [2.05, 4.69) is 39.1 Å². The normalized spacial score (nSPS) is 22.4. The number of hydrogen-bond donors (Lipinski definition) is 2. The number of aromatic hydroxyl groups is 1. The lowest BCUT2D eigenvalue weighted by Crippen LogP contribution is -2.36. The molecule has 1 aromatic rings. The van der Waals surface area contributed by atoms with Crippen LogP contribution in [0.5, 0.6) is 5.75 Å². The maximum atomic E-state index is 10.1. The van der Waals surface area contributed by atoms with Gasteiger partial charge in [0, 0.05) is 5.54 Å². The van der Waals surface area contributed by atoms with Crippen molar-refractivity contribution in [3.63, 3.8) is 0 Å². The van der Waals surface area contributed by atoms with Crippen molar-refractivity contribution in [2.45, 2.75) is 52.0 Å². The topological polar surface area (TPSA) is 32.3 Å². The second-order valence-corrected chi connectivity index (χ2v) is 5.55. The van der Waals surface area contributed by atoms with Gasteiger partial charge in [-0.25, -0.2) is 0 Å². The van der Waals surface area contributed by atoms with Gasteiger partial charge in [0.05, 0.1) is 5.69 Å². The Morgan fingerprint density at radius 2 is 2.12 bits per heavy atom. The maximum absolute atomic E-state index is 10.1. The van der Waals surface area contributed by atoms with Gasteiger partial charge in [0.25, 0.3) is 0 Å². The molecule has 1 aliphatic heterocycles. The van der Waals surface area contributed by atoms with E-state index in [1.807, 2.05) is 6.07 Å². The minimum Gasteiger partial charge on any atom is -0.506 e. The predicted octanol–water partition coefficient (Wildman–Crippen LogP) is 3.65. The molecule has 1 aliphatic rings. The predicted molar refractivity (Wildman–Crippen MR) is 68.2 cm³/mol. The number of phenols is 1. The summed E-state index contributed by atoms with van der Waals surface area (Å²) in [5.74, 6) is 0.901. The van der Waals surface area contributed by atoms with Gasteiger partial charge in [-0.15, -0.1) is 0 Å². The minimum absolute atomic E-state index is 0.0671. The summed E-state index contributed by atoms with van der Waals surface area (Å²) >= 11 is 0. The van der Waals surface area contributed by atoms with Gasteiger partial charge in [0.15, 0.2) is 0 Å². The third kappa shape index (κ3) is 1.89. The zero-order valence-corrected chi connectivity index (χ0v) is 10.6. The Labute approximate surface area is 97.7 Å². The molecular formula is C14H21NO. The average Bonchev–Trinajstić information content (AvgIpc) is 2.18. The Balaban J connectivity index is 2.52. The van der Waals surface area contributed by atoms with Crippen molar-refractivity contribution in [3.8, 4) is 5.75 Å². The molecule has 1 aromatic carbocycles. The molecule has 0 amide bonds. The second-order valence-electron chi connectivity index (χ2n) is 5.55. The Morgan fingerprint density at radius 3 is 2.75 bits per heavy atom. The lowest BCUT2D eigenvalue weighted by Gasteiger charge is -2.38. The highest BCUT2D eigenvalue weighted by Crippen LogP contribution is 2.43. The molecule has 0 fully saturated rings. The molecule has 0 aromatic heterocycles. The van der Waals surface area contributed by atoms with E-state index in [9.17, 15) is 5.11 Å². The van der Waals surface area contributed by atoms with Crippen LogP contribution < -0.4 is 5.32 Å². The molecule has 0 saturated heterocycles. The molecule has 2 rings (SSSR count). The van der Waals surface area contributed by atoms with Gasteiger partial charge in [0.2, 0.25) is 0 Å². The van der Waals surface area contributed by atoms with Crippen LogP contribution in [0.3, 0.4) is 0 Å². The summed E-state index contributed by atoms with van der Waals surface area (Å²) < 4.78 is 0. The van der Waals surface area contributed by atoms with Crippen LogP contribution in [-0.2, 0) is 6.42 Å². The summed E-state index contributed by atoms with van der Waals surface area (Å²) in [6.45, 7) is 8.71. The number of hydrogen-bond acceptors (Lipinski definition) is 2. The first-order valence-corrected chi connectivity index (χ1v) is 6.07. The molecule has 0 saturated carbocycles. The second kappa shape index (κ2) is 3.69. The Morgan fingerprint density at radius 1 is 1.44 bits per heavy atom. The zero-order chi connectivity index (χ0) is 11.9. The summed E-state index contributed by atoms with van der Waals surface area (Å²) in [6.07, 6.45) is 2.07. The van der Waals surface area contributed by atoms with Crippen molar-refractivity contribution < 1.29 is 5.11 Å². The van der Waals surface area contributed by atoms with Crippen molar-refractivity contribution in [2.24, 2.45) is 0 Å². The number of benzene rings is 1. The third-order valence-electron chi connectivity index (χ3n) is 3.43. The summed E-state index contributed by atoms with van der Waals surface area (Å²) in [7, 11) is 0. The van der Waals surface area contributed by atoms with E-state index >= 15 is 0 Å². The molecule has 2 heteroatoms. The number of anilines is 1. The molecular weight excluding hydrogens is 198 g/mol. The van der Waals surface area contributed by atoms with Gasteiger partial charge < -0.3 is 10.4 Å². The van der Waals surface area contributed by atoms with Gasteiger partial charge in [-0.2, -0.15) is 0 Å². The highest BCUT2D eigenvalue weighted by atomic mass is 16.3. The molecule has 1 atom stereocenters. The van der Waals surface area contributed by atoms with E-state index in [0.29, 0.717) is 11.7 Å². The lowest BCUT2D eigenvalue weighted by molar-refractivity contribution is 0.433. The molecule has 88 valence electrons. The molecule has 1 heterocycles. The van der Waals surface area contributed by atoms with Crippen molar-refractivity contribution in [1.82, 2.24) is 0 Å². The first kappa shape index (κ1) is 11.3. The molecule has 0 spiro atoms. The summed E-state index contributed by atoms with van der Waals surface area (Å²) in [4.78, 5) is 0. The van der Waals surface area contributed by atoms with Crippen molar-refractivity contribution in [3.05, 3.63) is 23.3 Å². The van der Waals surface area contributed by atoms with E-state index in [0.717, 1.165) is 18.5 Å². The monoisotopic (exact) mass is 219 g/mol. The van der Waals surface area contributed by atoms with Crippen LogP contribution >= 0.6 is 0 Å². The molecule has 2 N–H and O–H groups in total. The Hall–Kier alpha value is -1.18. The lowest BCUT2D eigenvalue weighted by atomic mass is 9.81. The highest BCUT2D eigenvalue weighted by Gasteiger charge is 2.30. The van der Waals surface area contributed by atoms with Gasteiger partial charge >= 0.3 is 0 Å². The third-order valence-corrected chi connectivity index (χ3v) is 3.43. The first-order valence-electron chi connectivity index (χ1n) is 6.07. The molecule has 0 radical (unpaired) electrons. The smallest absolute Gasteiger partial charge is 0.139 e. The number of fused-ring (bicyclic) bond motifs is 1. The average molecular weight is 219 g/mol. The molecule has 0 unspecified atom stereocenters. The van der Waals surface area contributed by atoms with E-state index < -0.39 is 0 Å². The quantitative estimate of drug-likeness (QED) is 0.707. The van der Waals surface area contributed by atoms with E-state index in [1.165, 1.54) is 11.1 Å². The Kier molecular flexibility index (Phi) is 2.61. The van der Waals surface area contributed by atoms with Crippen LogP contribution in [0.4, 0.5) is 5.69 Å². The number of rotatable bonds is 1. The summed E-state index contributed by atoms with van der Waals surface area (Å²) in [5, 5.41) is 13.5. The fourth-order valence-electron chi connectivity index (χ4n) is 2.70. The maximum Gasteiger partial charge on any atom is 0.139 e. The molecule has 0 aliphatic carbocycles. The Bertz CT molecular complexity index is 409. The van der Waals surface area contributed by atoms with Crippen molar-refractivity contribution in [1.29, 1.82) is 0 Å². The van der Waals surface area contributed by atoms with Crippen LogP contribution in [0, 0.1) is 0 Å². The molecule has 0 bridgehead atoms. The zero-order valence-electron chi connectivity index (χ0n) is 10.6. The van der Waals surface area contributed by atoms with E-state index in [-0.39, 0.29) is 5.54 Å². The molecule has 16 heavy (non-hydrogen) atoms. The van der Waals surface area contributed by atoms with Crippen molar-refractivity contribution >= 4 is 5.69 Å². The number of phenolic OH excluding ortho intramolecular Hbond substituents is 1. The largest absolute Gasteiger partial charge is 0.506 e. The van der Waals surface area contributed by atoms with Crippen LogP contribution in [-0.4, -0.2) is 10.6 Å². The van der Waals surface area contributed by atoms with Crippen LogP contribution in [0.1, 0.15) is 51.2 Å². The summed E-state index contributed by atoms with van der Waals surface area (Å²) in [6, 6.07) is 4.10. The van der Waals surface area contributed by atoms with Gasteiger partial charge in [-0.1, -0.05) is 19.9 Å². The van der Waals surface area contributed by atoms with Gasteiger partial charge in [0.1, 0.15) is 5.75 Å². The molecule has 2 nitrogen and oxygen atoms in total. The number of aryl methyl sites for hydroxylation is 1. The first-order chi connectivity index (χ1) is 7.43. The number of nitrogens with one attached hydrogen (secondary N) is 1. The fourth-order valence-corrected chi connectivity index (χ4v) is 2.70. The van der Waals surface area contributed by atoms with Crippen molar-refractivity contribution in [2.75, 3.05) is 5.32 Å². The van der Waals surface area contributed by atoms with Crippen LogP contribution in [0.2, 0.25) is 0 Å². The van der Waals surface area contributed by atoms with E-state index in [4.69, 9.17) is 0 Å². The highest BCUT2D eigenvalue weighted by molar-refractivity contribution is 5.66. The van der Waals surface area contributed by atoms with Gasteiger partial charge in [-0.3, -0.25) is 0 Å². The minimum atomic E-state index is 0.0671. The SMILES string of the molecule is CCc1cc(O)c2c(c1)[C@@H](C)CC(C)(C)N2. The van der Waals surface area contributed by atoms with Gasteiger partial charge in [-0.05, 0) is 49.8 Å².